The number of benzene rings is 1. The van der Waals surface area contributed by atoms with Crippen molar-refractivity contribution >= 4 is 27.5 Å². The quantitative estimate of drug-likeness (QED) is 0.652. The van der Waals surface area contributed by atoms with Crippen molar-refractivity contribution < 1.29 is 34.4 Å². The molecule has 19 heavy (non-hydrogen) atoms. The Bertz CT molecular complexity index is 571. The number of nitrogens with zero attached hydrogens (tertiary/aromatic N) is 1. The second-order valence-electron chi connectivity index (χ2n) is 3.61. The van der Waals surface area contributed by atoms with E-state index >= 15 is 0 Å². The largest absolute Gasteiger partial charge is 0.339 e. The number of carbonyl (C=O) groups is 1. The van der Waals surface area contributed by atoms with Crippen molar-refractivity contribution in [2.24, 2.45) is 0 Å². The lowest BCUT2D eigenvalue weighted by molar-refractivity contribution is -0.731. The third-order valence-electron chi connectivity index (χ3n) is 1.90. The number of rotatable bonds is 3. The monoisotopic (exact) mass is 307 g/mol. The molecule has 0 radical (unpaired) electrons. The lowest BCUT2D eigenvalue weighted by Crippen LogP contribution is -2.12. The fraction of sp³-hybridized carbons (Fsp3) is 0.125. The topological polar surface area (TPSA) is 69.4 Å². The maximum absolute atomic E-state index is 12.7. The number of carbonyl (C=O) groups excluding carboxylic acids is 1. The molecular formula is C8H8F5N2O3S+. The van der Waals surface area contributed by atoms with Crippen molar-refractivity contribution in [3.05, 3.63) is 23.1 Å². The summed E-state index contributed by atoms with van der Waals surface area (Å²) < 4.78 is 63.5. The predicted molar refractivity (Wildman–Crippen MR) is 57.2 cm³/mol. The summed E-state index contributed by atoms with van der Waals surface area (Å²) in [6.45, 7) is 0.958. The minimum atomic E-state index is -10.2. The standard InChI is InChI=1S/C8H7F5N2O3S/c1-5(16)14-6-2-3-7(15(17)18)8(4-6)19(9,10,11,12)13/h2-4H,1H3,(H-,14,16,17,18)/p+1. The molecule has 11 heteroatoms. The van der Waals surface area contributed by atoms with Crippen LogP contribution < -0.4 is 5.32 Å². The van der Waals surface area contributed by atoms with Crippen LogP contribution in [0.1, 0.15) is 6.92 Å². The first-order chi connectivity index (χ1) is 8.20. The van der Waals surface area contributed by atoms with Crippen molar-refractivity contribution in [2.75, 3.05) is 5.32 Å². The fourth-order valence-corrected chi connectivity index (χ4v) is 2.15. The van der Waals surface area contributed by atoms with Crippen LogP contribution in [0.3, 0.4) is 0 Å². The first-order valence-corrected chi connectivity index (χ1v) is 6.48. The lowest BCUT2D eigenvalue weighted by atomic mass is 10.3. The van der Waals surface area contributed by atoms with Crippen molar-refractivity contribution in [1.82, 2.24) is 0 Å². The third kappa shape index (κ3) is 3.77. The van der Waals surface area contributed by atoms with Gasteiger partial charge in [-0.3, -0.25) is 4.79 Å². The summed E-state index contributed by atoms with van der Waals surface area (Å²) in [4.78, 5) is 17.3. The highest BCUT2D eigenvalue weighted by molar-refractivity contribution is 8.45. The van der Waals surface area contributed by atoms with E-state index in [9.17, 15) is 29.1 Å². The molecule has 1 aromatic rings. The van der Waals surface area contributed by atoms with Crippen LogP contribution in [0.5, 0.6) is 0 Å². The first kappa shape index (κ1) is 15.1. The minimum Gasteiger partial charge on any atom is -0.326 e. The number of nitrogens with one attached hydrogen (secondary N) is 1. The molecular weight excluding hydrogens is 299 g/mol. The molecule has 2 N–H and O–H groups in total. The van der Waals surface area contributed by atoms with Gasteiger partial charge in [0, 0.05) is 18.7 Å². The molecule has 0 heterocycles. The lowest BCUT2D eigenvalue weighted by Gasteiger charge is -2.39. The number of anilines is 1. The van der Waals surface area contributed by atoms with Crippen molar-refractivity contribution in [3.8, 4) is 0 Å². The van der Waals surface area contributed by atoms with Gasteiger partial charge in [0.25, 0.3) is 4.92 Å². The summed E-state index contributed by atoms with van der Waals surface area (Å²) >= 11 is 0. The van der Waals surface area contributed by atoms with Crippen molar-refractivity contribution in [3.63, 3.8) is 0 Å². The van der Waals surface area contributed by atoms with Gasteiger partial charge >= 0.3 is 15.9 Å². The van der Waals surface area contributed by atoms with E-state index in [0.717, 1.165) is 13.0 Å². The number of amides is 1. The number of halogens is 5. The molecule has 0 aromatic heterocycles. The summed E-state index contributed by atoms with van der Waals surface area (Å²) in [5.41, 5.74) is -2.24. The summed E-state index contributed by atoms with van der Waals surface area (Å²) in [5.74, 6) is -0.788. The van der Waals surface area contributed by atoms with Gasteiger partial charge in [-0.2, -0.15) is 0 Å². The van der Waals surface area contributed by atoms with Gasteiger partial charge in [-0.1, -0.05) is 19.4 Å². The van der Waals surface area contributed by atoms with Crippen LogP contribution in [0, 0.1) is 4.91 Å². The predicted octanol–water partition coefficient (Wildman–Crippen LogP) is 4.10. The summed E-state index contributed by atoms with van der Waals surface area (Å²) in [7, 11) is -10.2. The van der Waals surface area contributed by atoms with E-state index in [2.05, 4.69) is 0 Å². The Morgan fingerprint density at radius 2 is 1.79 bits per heavy atom. The SMILES string of the molecule is CC(=O)Nc1ccc([N+](=O)O)c(S(F)(F)(F)(F)F)c1. The van der Waals surface area contributed by atoms with E-state index in [1.54, 1.807) is 0 Å². The Morgan fingerprint density at radius 3 is 2.16 bits per heavy atom. The van der Waals surface area contributed by atoms with Crippen molar-refractivity contribution in [1.29, 1.82) is 0 Å². The molecule has 0 aliphatic rings. The highest BCUT2D eigenvalue weighted by Crippen LogP contribution is 3.03. The zero-order chi connectivity index (χ0) is 15.1. The second kappa shape index (κ2) is 3.56. The third-order valence-corrected chi connectivity index (χ3v) is 3.06. The van der Waals surface area contributed by atoms with Crippen LogP contribution in [0.4, 0.5) is 30.8 Å². The van der Waals surface area contributed by atoms with Gasteiger partial charge in [-0.25, -0.2) is 5.21 Å². The van der Waals surface area contributed by atoms with Gasteiger partial charge in [0.15, 0.2) is 4.90 Å². The van der Waals surface area contributed by atoms with Gasteiger partial charge in [0.05, 0.1) is 4.91 Å². The van der Waals surface area contributed by atoms with Gasteiger partial charge in [0.1, 0.15) is 0 Å². The Morgan fingerprint density at radius 1 is 1.26 bits per heavy atom. The van der Waals surface area contributed by atoms with Gasteiger partial charge in [-0.15, -0.1) is 0 Å². The molecule has 0 unspecified atom stereocenters. The Kier molecular flexibility index (Phi) is 2.84. The van der Waals surface area contributed by atoms with Gasteiger partial charge < -0.3 is 5.32 Å². The molecule has 0 bridgehead atoms. The first-order valence-electron chi connectivity index (χ1n) is 4.52. The molecule has 0 aliphatic carbocycles. The van der Waals surface area contributed by atoms with Crippen LogP contribution in [0.25, 0.3) is 0 Å². The molecule has 0 aliphatic heterocycles. The van der Waals surface area contributed by atoms with E-state index in [1.165, 1.54) is 0 Å². The van der Waals surface area contributed by atoms with E-state index < -0.39 is 37.3 Å². The molecule has 0 saturated heterocycles. The average Bonchev–Trinajstić information content (AvgIpc) is 2.12. The minimum absolute atomic E-state index is 0.112. The Hall–Kier alpha value is -1.91. The number of hydrogen-bond acceptors (Lipinski definition) is 2. The Balaban J connectivity index is 3.59. The molecule has 0 spiro atoms. The van der Waals surface area contributed by atoms with E-state index in [-0.39, 0.29) is 6.07 Å². The second-order valence-corrected chi connectivity index (χ2v) is 5.98. The maximum Gasteiger partial charge on any atom is 0.339 e. The van der Waals surface area contributed by atoms with Crippen LogP contribution in [-0.4, -0.2) is 16.0 Å². The maximum atomic E-state index is 12.7. The molecule has 5 nitrogen and oxygen atoms in total. The van der Waals surface area contributed by atoms with Crippen LogP contribution in [0.15, 0.2) is 23.1 Å². The average molecular weight is 307 g/mol. The fourth-order valence-electron chi connectivity index (χ4n) is 1.26. The highest BCUT2D eigenvalue weighted by Gasteiger charge is 2.69. The zero-order valence-electron chi connectivity index (χ0n) is 9.24. The van der Waals surface area contributed by atoms with Crippen LogP contribution in [0.2, 0.25) is 0 Å². The van der Waals surface area contributed by atoms with Crippen LogP contribution >= 0.6 is 10.2 Å². The molecule has 0 fully saturated rings. The normalized spacial score (nSPS) is 15.3. The molecule has 0 saturated carbocycles. The van der Waals surface area contributed by atoms with E-state index in [4.69, 9.17) is 5.21 Å². The molecule has 1 rings (SSSR count). The van der Waals surface area contributed by atoms with E-state index in [1.807, 2.05) is 5.32 Å². The summed E-state index contributed by atoms with van der Waals surface area (Å²) in [6, 6.07) is 0.982. The zero-order valence-corrected chi connectivity index (χ0v) is 10.1. The summed E-state index contributed by atoms with van der Waals surface area (Å²) in [5, 5.41) is 10.3. The smallest absolute Gasteiger partial charge is 0.326 e. The van der Waals surface area contributed by atoms with Gasteiger partial charge in [0.2, 0.25) is 5.91 Å². The van der Waals surface area contributed by atoms with E-state index in [0.29, 0.717) is 6.07 Å². The number of hydrogen-bond donors (Lipinski definition) is 2. The van der Waals surface area contributed by atoms with Gasteiger partial charge in [-0.05, 0) is 12.1 Å². The molecule has 108 valence electrons. The summed E-state index contributed by atoms with van der Waals surface area (Å²) in [6.07, 6.45) is 0. The molecule has 1 amide bonds. The highest BCUT2D eigenvalue weighted by atomic mass is 32.5. The molecule has 0 atom stereocenters. The Labute approximate surface area is 103 Å². The molecule has 1 aromatic carbocycles. The van der Waals surface area contributed by atoms with Crippen molar-refractivity contribution in [2.45, 2.75) is 11.8 Å². The van der Waals surface area contributed by atoms with Crippen LogP contribution in [-0.2, 0) is 4.79 Å².